The second-order valence-electron chi connectivity index (χ2n) is 5.76. The van der Waals surface area contributed by atoms with Gasteiger partial charge in [-0.2, -0.15) is 5.10 Å². The Morgan fingerprint density at radius 1 is 1.48 bits per heavy atom. The maximum Gasteiger partial charge on any atom is 0.269 e. The lowest BCUT2D eigenvalue weighted by Gasteiger charge is -2.14. The van der Waals surface area contributed by atoms with Gasteiger partial charge in [0.15, 0.2) is 0 Å². The number of amides is 1. The first-order valence-corrected chi connectivity index (χ1v) is 7.86. The molecule has 1 saturated heterocycles. The van der Waals surface area contributed by atoms with Crippen molar-refractivity contribution in [2.24, 2.45) is 0 Å². The lowest BCUT2D eigenvalue weighted by atomic mass is 10.2. The lowest BCUT2D eigenvalue weighted by Crippen LogP contribution is -2.28. The summed E-state index contributed by atoms with van der Waals surface area (Å²) in [5.41, 5.74) is 2.43. The summed E-state index contributed by atoms with van der Waals surface area (Å²) in [6.07, 6.45) is 0.994. The van der Waals surface area contributed by atoms with E-state index in [4.69, 9.17) is 4.74 Å². The van der Waals surface area contributed by atoms with Crippen LogP contribution in [0.5, 0.6) is 5.75 Å². The van der Waals surface area contributed by atoms with Crippen LogP contribution in [0.1, 0.15) is 34.2 Å². The lowest BCUT2D eigenvalue weighted by molar-refractivity contribution is 0.0937. The average Bonchev–Trinajstić information content (AvgIpc) is 3.22. The fraction of sp³-hybridized carbons (Fsp3) is 0.412. The van der Waals surface area contributed by atoms with Crippen molar-refractivity contribution in [2.75, 3.05) is 20.2 Å². The smallest absolute Gasteiger partial charge is 0.269 e. The predicted octanol–water partition coefficient (Wildman–Crippen LogP) is 1.66. The number of para-hydroxylation sites is 1. The first-order chi connectivity index (χ1) is 11.2. The molecule has 6 nitrogen and oxygen atoms in total. The number of nitrogens with zero attached hydrogens (tertiary/aromatic N) is 2. The molecule has 0 aliphatic carbocycles. The van der Waals surface area contributed by atoms with E-state index in [2.05, 4.69) is 15.7 Å². The predicted molar refractivity (Wildman–Crippen MR) is 87.7 cm³/mol. The van der Waals surface area contributed by atoms with Crippen LogP contribution in [0.4, 0.5) is 0 Å². The third kappa shape index (κ3) is 3.37. The number of benzene rings is 1. The van der Waals surface area contributed by atoms with E-state index >= 15 is 0 Å². The van der Waals surface area contributed by atoms with Crippen molar-refractivity contribution in [3.8, 4) is 5.75 Å². The van der Waals surface area contributed by atoms with Crippen LogP contribution in [0, 0.1) is 6.92 Å². The summed E-state index contributed by atoms with van der Waals surface area (Å²) >= 11 is 0. The molecule has 6 heteroatoms. The zero-order valence-corrected chi connectivity index (χ0v) is 13.5. The van der Waals surface area contributed by atoms with Gasteiger partial charge in [0.1, 0.15) is 11.4 Å². The van der Waals surface area contributed by atoms with Crippen LogP contribution in [0.2, 0.25) is 0 Å². The highest BCUT2D eigenvalue weighted by Gasteiger charge is 2.23. The van der Waals surface area contributed by atoms with Crippen LogP contribution in [-0.4, -0.2) is 35.9 Å². The van der Waals surface area contributed by atoms with Gasteiger partial charge in [-0.3, -0.25) is 9.48 Å². The Hall–Kier alpha value is -2.34. The van der Waals surface area contributed by atoms with Crippen molar-refractivity contribution >= 4 is 5.91 Å². The number of carbonyl (C=O) groups is 1. The van der Waals surface area contributed by atoms with Gasteiger partial charge in [-0.25, -0.2) is 0 Å². The molecule has 1 fully saturated rings. The minimum Gasteiger partial charge on any atom is -0.496 e. The number of aryl methyl sites for hydroxylation is 1. The summed E-state index contributed by atoms with van der Waals surface area (Å²) < 4.78 is 7.17. The summed E-state index contributed by atoms with van der Waals surface area (Å²) in [4.78, 5) is 12.6. The molecular formula is C17H22N4O2. The zero-order valence-electron chi connectivity index (χ0n) is 13.5. The van der Waals surface area contributed by atoms with Gasteiger partial charge in [-0.1, -0.05) is 18.2 Å². The van der Waals surface area contributed by atoms with Crippen molar-refractivity contribution in [3.63, 3.8) is 0 Å². The van der Waals surface area contributed by atoms with Crippen LogP contribution in [0.3, 0.4) is 0 Å². The number of methoxy groups -OCH3 is 1. The molecule has 2 heterocycles. The second-order valence-corrected chi connectivity index (χ2v) is 5.76. The molecule has 23 heavy (non-hydrogen) atoms. The van der Waals surface area contributed by atoms with E-state index in [-0.39, 0.29) is 11.9 Å². The quantitative estimate of drug-likeness (QED) is 0.881. The van der Waals surface area contributed by atoms with E-state index in [0.717, 1.165) is 36.5 Å². The molecule has 1 aromatic heterocycles. The van der Waals surface area contributed by atoms with Crippen LogP contribution in [0.25, 0.3) is 0 Å². The van der Waals surface area contributed by atoms with Gasteiger partial charge in [0.25, 0.3) is 5.91 Å². The SMILES string of the molecule is COc1ccccc1CNC(=O)c1cc(C)nn1[C@@H]1CCNC1. The summed E-state index contributed by atoms with van der Waals surface area (Å²) in [5, 5.41) is 10.8. The number of hydrogen-bond acceptors (Lipinski definition) is 4. The van der Waals surface area contributed by atoms with Crippen molar-refractivity contribution in [1.82, 2.24) is 20.4 Å². The van der Waals surface area contributed by atoms with Gasteiger partial charge in [-0.15, -0.1) is 0 Å². The highest BCUT2D eigenvalue weighted by Crippen LogP contribution is 2.19. The van der Waals surface area contributed by atoms with E-state index in [0.29, 0.717) is 12.2 Å². The molecule has 0 saturated carbocycles. The molecule has 1 aliphatic rings. The zero-order chi connectivity index (χ0) is 16.2. The van der Waals surface area contributed by atoms with Gasteiger partial charge in [-0.05, 0) is 32.0 Å². The molecule has 1 aliphatic heterocycles. The molecule has 0 spiro atoms. The Balaban J connectivity index is 1.73. The van der Waals surface area contributed by atoms with Crippen molar-refractivity contribution in [1.29, 1.82) is 0 Å². The third-order valence-corrected chi connectivity index (χ3v) is 4.10. The van der Waals surface area contributed by atoms with Crippen molar-refractivity contribution < 1.29 is 9.53 Å². The summed E-state index contributed by atoms with van der Waals surface area (Å²) in [6, 6.07) is 9.77. The van der Waals surface area contributed by atoms with E-state index in [1.165, 1.54) is 0 Å². The molecule has 3 rings (SSSR count). The minimum atomic E-state index is -0.108. The average molecular weight is 314 g/mol. The third-order valence-electron chi connectivity index (χ3n) is 4.10. The molecule has 0 unspecified atom stereocenters. The standard InChI is InChI=1S/C17H22N4O2/c1-12-9-15(21(20-12)14-7-8-18-11-14)17(22)19-10-13-5-3-4-6-16(13)23-2/h3-6,9,14,18H,7-8,10-11H2,1-2H3,(H,19,22)/t14-/m1/s1. The maximum atomic E-state index is 12.6. The Kier molecular flexibility index (Phi) is 4.62. The van der Waals surface area contributed by atoms with E-state index in [1.807, 2.05) is 41.9 Å². The normalized spacial score (nSPS) is 17.2. The fourth-order valence-electron chi connectivity index (χ4n) is 2.93. The Labute approximate surface area is 135 Å². The van der Waals surface area contributed by atoms with Crippen LogP contribution in [0.15, 0.2) is 30.3 Å². The number of aromatic nitrogens is 2. The Morgan fingerprint density at radius 3 is 3.04 bits per heavy atom. The molecule has 0 radical (unpaired) electrons. The largest absolute Gasteiger partial charge is 0.496 e. The van der Waals surface area contributed by atoms with E-state index < -0.39 is 0 Å². The highest BCUT2D eigenvalue weighted by atomic mass is 16.5. The maximum absolute atomic E-state index is 12.6. The van der Waals surface area contributed by atoms with Gasteiger partial charge in [0.05, 0.1) is 18.8 Å². The topological polar surface area (TPSA) is 68.2 Å². The summed E-state index contributed by atoms with van der Waals surface area (Å²) in [7, 11) is 1.63. The van der Waals surface area contributed by atoms with E-state index in [1.54, 1.807) is 7.11 Å². The van der Waals surface area contributed by atoms with Crippen LogP contribution >= 0.6 is 0 Å². The molecule has 1 atom stereocenters. The van der Waals surface area contributed by atoms with Crippen molar-refractivity contribution in [3.05, 3.63) is 47.3 Å². The minimum absolute atomic E-state index is 0.108. The van der Waals surface area contributed by atoms with Gasteiger partial charge < -0.3 is 15.4 Å². The molecule has 0 bridgehead atoms. The second kappa shape index (κ2) is 6.83. The Bertz CT molecular complexity index is 690. The summed E-state index contributed by atoms with van der Waals surface area (Å²) in [6.45, 7) is 4.16. The fourth-order valence-corrected chi connectivity index (χ4v) is 2.93. The van der Waals surface area contributed by atoms with Gasteiger partial charge in [0, 0.05) is 18.7 Å². The van der Waals surface area contributed by atoms with E-state index in [9.17, 15) is 4.79 Å². The molecule has 2 aromatic rings. The van der Waals surface area contributed by atoms with Gasteiger partial charge in [0.2, 0.25) is 0 Å². The molecule has 2 N–H and O–H groups in total. The Morgan fingerprint density at radius 2 is 2.30 bits per heavy atom. The van der Waals surface area contributed by atoms with Crippen LogP contribution in [-0.2, 0) is 6.54 Å². The molecule has 1 amide bonds. The molecular weight excluding hydrogens is 292 g/mol. The highest BCUT2D eigenvalue weighted by molar-refractivity contribution is 5.92. The first kappa shape index (κ1) is 15.6. The number of nitrogens with one attached hydrogen (secondary N) is 2. The first-order valence-electron chi connectivity index (χ1n) is 7.86. The number of rotatable bonds is 5. The molecule has 122 valence electrons. The number of hydrogen-bond donors (Lipinski definition) is 2. The monoisotopic (exact) mass is 314 g/mol. The summed E-state index contributed by atoms with van der Waals surface area (Å²) in [5.74, 6) is 0.667. The van der Waals surface area contributed by atoms with Gasteiger partial charge >= 0.3 is 0 Å². The number of carbonyl (C=O) groups excluding carboxylic acids is 1. The molecule has 1 aromatic carbocycles. The van der Waals surface area contributed by atoms with Crippen molar-refractivity contribution in [2.45, 2.75) is 25.9 Å². The number of ether oxygens (including phenoxy) is 1. The van der Waals surface area contributed by atoms with Crippen LogP contribution < -0.4 is 15.4 Å².